The molecule has 0 unspecified atom stereocenters. The zero-order chi connectivity index (χ0) is 27.9. The Labute approximate surface area is 235 Å². The summed E-state index contributed by atoms with van der Waals surface area (Å²) in [6.07, 6.45) is -3.82. The van der Waals surface area contributed by atoms with Gasteiger partial charge in [-0.2, -0.15) is 26.3 Å². The van der Waals surface area contributed by atoms with Crippen molar-refractivity contribution in [2.75, 3.05) is 0 Å². The first kappa shape index (κ1) is 30.7. The molecule has 0 saturated heterocycles. The number of nitrogens with zero attached hydrogens (tertiary/aromatic N) is 1. The van der Waals surface area contributed by atoms with Crippen molar-refractivity contribution in [3.8, 4) is 16.9 Å². The summed E-state index contributed by atoms with van der Waals surface area (Å²) in [5, 5.41) is 11.2. The van der Waals surface area contributed by atoms with E-state index >= 15 is 0 Å². The van der Waals surface area contributed by atoms with Crippen LogP contribution in [0.4, 0.5) is 32.0 Å². The van der Waals surface area contributed by atoms with Gasteiger partial charge in [-0.05, 0) is 53.6 Å². The van der Waals surface area contributed by atoms with E-state index in [-0.39, 0.29) is 23.3 Å². The van der Waals surface area contributed by atoms with Crippen LogP contribution in [0.1, 0.15) is 60.3 Å². The van der Waals surface area contributed by atoms with E-state index in [2.05, 4.69) is 4.99 Å². The van der Waals surface area contributed by atoms with E-state index in [9.17, 15) is 31.4 Å². The number of aliphatic imine (C=N–C) groups is 1. The molecule has 0 radical (unpaired) electrons. The number of hydrogen-bond acceptors (Lipinski definition) is 2. The van der Waals surface area contributed by atoms with Crippen LogP contribution >= 0.6 is 17.0 Å². The summed E-state index contributed by atoms with van der Waals surface area (Å²) >= 11 is -0.826. The molecular weight excluding hydrogens is 630 g/mol. The van der Waals surface area contributed by atoms with Crippen molar-refractivity contribution in [3.05, 3.63) is 82.9 Å². The van der Waals surface area contributed by atoms with Crippen LogP contribution in [0.15, 0.2) is 65.7 Å². The summed E-state index contributed by atoms with van der Waals surface area (Å²) in [5.74, 6) is 0.0798. The average Bonchev–Trinajstić information content (AvgIpc) is 2.88. The van der Waals surface area contributed by atoms with E-state index in [1.807, 2.05) is 18.2 Å². The zero-order valence-corrected chi connectivity index (χ0v) is 23.9. The Hall–Kier alpha value is -1.83. The van der Waals surface area contributed by atoms with Crippen molar-refractivity contribution in [1.82, 2.24) is 0 Å². The molecule has 1 saturated carbocycles. The second-order valence-electron chi connectivity index (χ2n) is 8.76. The molecule has 0 atom stereocenters. The van der Waals surface area contributed by atoms with Gasteiger partial charge >= 0.3 is 50.2 Å². The number of aromatic hydroxyl groups is 1. The van der Waals surface area contributed by atoms with Crippen molar-refractivity contribution in [2.45, 2.75) is 50.4 Å². The third-order valence-electron chi connectivity index (χ3n) is 6.29. The molecule has 1 fully saturated rings. The van der Waals surface area contributed by atoms with Gasteiger partial charge in [0.15, 0.2) is 0 Å². The standard InChI is InChI=1S/C27H23F6NO.2ClH.Zr/c28-26(29,30)19-13-20(27(31,32)33)15-21(14-19)34-16-24-22(17-7-3-1-4-8-17)11-12-23(25(24)35)18-9-5-2-6-10-18;;;/h1,3-4,7-8,11-16,18,35H,2,5-6,9-10H2;2*1H;/q;;;+2/p-2. The Bertz CT molecular complexity index is 1210. The number of phenolic OH excluding ortho intramolecular Hbond substituents is 1. The van der Waals surface area contributed by atoms with Crippen molar-refractivity contribution in [1.29, 1.82) is 0 Å². The van der Waals surface area contributed by atoms with E-state index in [4.69, 9.17) is 17.0 Å². The molecule has 1 aliphatic carbocycles. The van der Waals surface area contributed by atoms with Gasteiger partial charge in [-0.1, -0.05) is 61.7 Å². The predicted molar refractivity (Wildman–Crippen MR) is 135 cm³/mol. The molecule has 0 aliphatic heterocycles. The van der Waals surface area contributed by atoms with Gasteiger partial charge in [0.25, 0.3) is 0 Å². The summed E-state index contributed by atoms with van der Waals surface area (Å²) in [5.41, 5.74) is -1.11. The minimum atomic E-state index is -4.97. The molecule has 0 amide bonds. The number of alkyl halides is 6. The summed E-state index contributed by atoms with van der Waals surface area (Å²) in [7, 11) is 9.87. The molecule has 38 heavy (non-hydrogen) atoms. The van der Waals surface area contributed by atoms with Gasteiger partial charge in [0, 0.05) is 11.8 Å². The number of halogens is 8. The quantitative estimate of drug-likeness (QED) is 0.221. The van der Waals surface area contributed by atoms with Gasteiger partial charge in [-0.3, -0.25) is 4.99 Å². The van der Waals surface area contributed by atoms with Gasteiger partial charge in [0.2, 0.25) is 0 Å². The summed E-state index contributed by atoms with van der Waals surface area (Å²) < 4.78 is 79.5. The molecule has 11 heteroatoms. The molecule has 1 N–H and O–H groups in total. The molecular formula is C27H23Cl2F6NOZr. The normalized spacial score (nSPS) is 14.7. The maximum absolute atomic E-state index is 13.2. The fourth-order valence-electron chi connectivity index (χ4n) is 4.52. The summed E-state index contributed by atoms with van der Waals surface area (Å²) in [4.78, 5) is 3.97. The first-order chi connectivity index (χ1) is 18.0. The van der Waals surface area contributed by atoms with E-state index in [0.29, 0.717) is 23.3 Å². The topological polar surface area (TPSA) is 32.6 Å². The number of benzene rings is 3. The van der Waals surface area contributed by atoms with E-state index in [1.54, 1.807) is 24.3 Å². The van der Waals surface area contributed by atoms with Crippen LogP contribution in [0, 0.1) is 0 Å². The van der Waals surface area contributed by atoms with E-state index in [0.717, 1.165) is 43.9 Å². The summed E-state index contributed by atoms with van der Waals surface area (Å²) in [6.45, 7) is 0. The fraction of sp³-hybridized carbons (Fsp3) is 0.296. The second-order valence-corrected chi connectivity index (χ2v) is 12.5. The first-order valence-electron chi connectivity index (χ1n) is 11.7. The molecule has 0 heterocycles. The molecule has 4 rings (SSSR count). The van der Waals surface area contributed by atoms with Crippen LogP contribution in [0.2, 0.25) is 0 Å². The SMILES string of the molecule is Oc1c(C2CCCCC2)ccc(-c2ccccc2)c1C=Nc1cc(C(F)(F)F)cc(C(F)(F)F)c1.[Cl][Zr][Cl]. The predicted octanol–water partition coefficient (Wildman–Crippen LogP) is 10.3. The molecule has 1 aliphatic rings. The fourth-order valence-corrected chi connectivity index (χ4v) is 4.52. The molecule has 0 aromatic heterocycles. The minimum absolute atomic E-state index is 0.0509. The monoisotopic (exact) mass is 651 g/mol. The number of rotatable bonds is 4. The molecule has 3 aromatic rings. The van der Waals surface area contributed by atoms with Gasteiger partial charge in [-0.25, -0.2) is 0 Å². The molecule has 0 spiro atoms. The van der Waals surface area contributed by atoms with Crippen LogP contribution in [0.3, 0.4) is 0 Å². The molecule has 3 aromatic carbocycles. The van der Waals surface area contributed by atoms with Crippen LogP contribution in [-0.2, 0) is 33.2 Å². The first-order valence-corrected chi connectivity index (χ1v) is 18.0. The van der Waals surface area contributed by atoms with Crippen molar-refractivity contribution in [2.24, 2.45) is 4.99 Å². The Kier molecular flexibility index (Phi) is 10.9. The zero-order valence-electron chi connectivity index (χ0n) is 19.9. The van der Waals surface area contributed by atoms with Crippen molar-refractivity contribution >= 4 is 28.9 Å². The molecule has 202 valence electrons. The van der Waals surface area contributed by atoms with E-state index < -0.39 is 50.0 Å². The third kappa shape index (κ3) is 8.09. The average molecular weight is 654 g/mol. The van der Waals surface area contributed by atoms with Crippen LogP contribution < -0.4 is 0 Å². The molecule has 0 bridgehead atoms. The Morgan fingerprint density at radius 1 is 0.816 bits per heavy atom. The van der Waals surface area contributed by atoms with E-state index in [1.165, 1.54) is 0 Å². The van der Waals surface area contributed by atoms with Crippen LogP contribution in [-0.4, -0.2) is 11.3 Å². The van der Waals surface area contributed by atoms with Gasteiger partial charge in [0.1, 0.15) is 5.75 Å². The number of phenols is 1. The van der Waals surface area contributed by atoms with Crippen molar-refractivity contribution in [3.63, 3.8) is 0 Å². The Morgan fingerprint density at radius 3 is 1.89 bits per heavy atom. The molecule has 2 nitrogen and oxygen atoms in total. The van der Waals surface area contributed by atoms with Crippen LogP contribution in [0.5, 0.6) is 5.75 Å². The number of hydrogen-bond donors (Lipinski definition) is 1. The third-order valence-corrected chi connectivity index (χ3v) is 6.29. The Balaban J connectivity index is 0.00000127. The van der Waals surface area contributed by atoms with Crippen molar-refractivity contribution < 1.29 is 52.3 Å². The Morgan fingerprint density at radius 2 is 1.37 bits per heavy atom. The summed E-state index contributed by atoms with van der Waals surface area (Å²) in [6, 6.07) is 13.9. The van der Waals surface area contributed by atoms with Crippen LogP contribution in [0.25, 0.3) is 11.1 Å². The second kappa shape index (κ2) is 13.5. The van der Waals surface area contributed by atoms with Gasteiger partial charge < -0.3 is 5.11 Å². The maximum atomic E-state index is 13.2. The van der Waals surface area contributed by atoms with Gasteiger partial charge in [0.05, 0.1) is 16.8 Å². The van der Waals surface area contributed by atoms with Gasteiger partial charge in [-0.15, -0.1) is 0 Å².